The highest BCUT2D eigenvalue weighted by Crippen LogP contribution is 2.27. The van der Waals surface area contributed by atoms with Gasteiger partial charge in [-0.1, -0.05) is 62.7 Å². The first-order valence-electron chi connectivity index (χ1n) is 13.3. The number of hydrogen-bond acceptors (Lipinski definition) is 5. The molecule has 0 spiro atoms. The maximum absolute atomic E-state index is 14.0. The fourth-order valence-corrected chi connectivity index (χ4v) is 5.06. The van der Waals surface area contributed by atoms with Gasteiger partial charge in [0, 0.05) is 17.8 Å². The molecule has 4 rings (SSSR count). The van der Waals surface area contributed by atoms with Gasteiger partial charge in [0.2, 0.25) is 0 Å². The van der Waals surface area contributed by atoms with Gasteiger partial charge in [0.25, 0.3) is 11.5 Å². The zero-order chi connectivity index (χ0) is 26.4. The Morgan fingerprint density at radius 3 is 2.57 bits per heavy atom. The molecule has 3 aromatic rings. The Bertz CT molecular complexity index is 1330. The lowest BCUT2D eigenvalue weighted by atomic mass is 10.0. The number of amides is 1. The third kappa shape index (κ3) is 5.72. The van der Waals surface area contributed by atoms with Crippen LogP contribution in [-0.2, 0) is 19.5 Å². The standard InChI is InChI=1S/C30H37N5O2/c1-4-11-22-14-9-15-24(18-22)29(36)34(17-10-16-31)26(5-2)28-33-25-19-32-21(3)27(25)30(37)35(28)20-23-12-7-6-8-13-23/h6-9,12-15,18,26H,4-5,10-11,16-17,19-20,31H2,1-3H3. The number of hydrogen-bond donors (Lipinski definition) is 1. The number of aryl methyl sites for hydroxylation is 1. The first-order valence-corrected chi connectivity index (χ1v) is 13.3. The average molecular weight is 500 g/mol. The molecule has 1 atom stereocenters. The Hall–Kier alpha value is -3.58. The SMILES string of the molecule is CCCc1cccc(C(=O)N(CCCN)C(CC)c2nc3c(c(=O)n2Cc2ccccc2)C(C)=NC3)c1. The van der Waals surface area contributed by atoms with E-state index in [-0.39, 0.29) is 17.5 Å². The lowest BCUT2D eigenvalue weighted by Crippen LogP contribution is -2.41. The van der Waals surface area contributed by atoms with Crippen molar-refractivity contribution in [2.24, 2.45) is 10.7 Å². The van der Waals surface area contributed by atoms with Gasteiger partial charge < -0.3 is 10.6 Å². The summed E-state index contributed by atoms with van der Waals surface area (Å²) >= 11 is 0. The molecule has 194 valence electrons. The van der Waals surface area contributed by atoms with Gasteiger partial charge in [-0.05, 0) is 56.0 Å². The highest BCUT2D eigenvalue weighted by molar-refractivity contribution is 6.01. The van der Waals surface area contributed by atoms with Gasteiger partial charge in [0.15, 0.2) is 0 Å². The monoisotopic (exact) mass is 499 g/mol. The van der Waals surface area contributed by atoms with Crippen LogP contribution in [0.1, 0.15) is 84.6 Å². The van der Waals surface area contributed by atoms with E-state index in [0.29, 0.717) is 61.7 Å². The molecule has 1 aliphatic heterocycles. The zero-order valence-corrected chi connectivity index (χ0v) is 22.1. The first kappa shape index (κ1) is 26.5. The summed E-state index contributed by atoms with van der Waals surface area (Å²) < 4.78 is 1.74. The number of aliphatic imine (C=N–C) groups is 1. The zero-order valence-electron chi connectivity index (χ0n) is 22.1. The van der Waals surface area contributed by atoms with E-state index in [1.54, 1.807) is 4.57 Å². The van der Waals surface area contributed by atoms with Crippen LogP contribution < -0.4 is 11.3 Å². The molecular weight excluding hydrogens is 462 g/mol. The van der Waals surface area contributed by atoms with Gasteiger partial charge in [-0.25, -0.2) is 4.98 Å². The molecule has 1 aliphatic rings. The van der Waals surface area contributed by atoms with Crippen LogP contribution in [0.3, 0.4) is 0 Å². The molecule has 2 heterocycles. The van der Waals surface area contributed by atoms with Gasteiger partial charge in [0.1, 0.15) is 5.82 Å². The van der Waals surface area contributed by atoms with Crippen LogP contribution in [0.15, 0.2) is 64.4 Å². The smallest absolute Gasteiger partial charge is 0.263 e. The Balaban J connectivity index is 1.82. The van der Waals surface area contributed by atoms with Crippen molar-refractivity contribution < 1.29 is 4.79 Å². The molecule has 0 saturated carbocycles. The number of benzene rings is 2. The van der Waals surface area contributed by atoms with Gasteiger partial charge in [-0.3, -0.25) is 19.1 Å². The fraction of sp³-hybridized carbons (Fsp3) is 0.400. The third-order valence-corrected chi connectivity index (χ3v) is 6.92. The van der Waals surface area contributed by atoms with Gasteiger partial charge in [-0.15, -0.1) is 0 Å². The summed E-state index contributed by atoms with van der Waals surface area (Å²) in [4.78, 5) is 39.1. The number of carbonyl (C=O) groups is 1. The Kier molecular flexibility index (Phi) is 8.66. The molecule has 2 N–H and O–H groups in total. The quantitative estimate of drug-likeness (QED) is 0.420. The number of aromatic nitrogens is 2. The normalized spacial score (nSPS) is 13.2. The van der Waals surface area contributed by atoms with Crippen LogP contribution in [0.5, 0.6) is 0 Å². The number of carbonyl (C=O) groups excluding carboxylic acids is 1. The van der Waals surface area contributed by atoms with Crippen molar-refractivity contribution in [2.75, 3.05) is 13.1 Å². The van der Waals surface area contributed by atoms with E-state index in [9.17, 15) is 9.59 Å². The second kappa shape index (κ2) is 12.1. The van der Waals surface area contributed by atoms with Crippen molar-refractivity contribution in [3.8, 4) is 0 Å². The van der Waals surface area contributed by atoms with Crippen LogP contribution in [0.25, 0.3) is 0 Å². The predicted octanol–water partition coefficient (Wildman–Crippen LogP) is 4.51. The summed E-state index contributed by atoms with van der Waals surface area (Å²) in [7, 11) is 0. The molecular formula is C30H37N5O2. The maximum atomic E-state index is 14.0. The van der Waals surface area contributed by atoms with Crippen LogP contribution in [-0.4, -0.2) is 39.2 Å². The Morgan fingerprint density at radius 1 is 1.11 bits per heavy atom. The molecule has 7 nitrogen and oxygen atoms in total. The van der Waals surface area contributed by atoms with E-state index < -0.39 is 0 Å². The summed E-state index contributed by atoms with van der Waals surface area (Å²) in [6, 6.07) is 17.4. The topological polar surface area (TPSA) is 93.6 Å². The number of fused-ring (bicyclic) bond motifs is 1. The van der Waals surface area contributed by atoms with E-state index in [1.807, 2.05) is 67.3 Å². The Morgan fingerprint density at radius 2 is 1.86 bits per heavy atom. The maximum Gasteiger partial charge on any atom is 0.263 e. The van der Waals surface area contributed by atoms with E-state index >= 15 is 0 Å². The first-order chi connectivity index (χ1) is 18.0. The molecule has 37 heavy (non-hydrogen) atoms. The molecule has 0 radical (unpaired) electrons. The molecule has 1 unspecified atom stereocenters. The molecule has 2 aromatic carbocycles. The average Bonchev–Trinajstić information content (AvgIpc) is 3.29. The van der Waals surface area contributed by atoms with Gasteiger partial charge in [-0.2, -0.15) is 0 Å². The van der Waals surface area contributed by atoms with Crippen LogP contribution in [0.4, 0.5) is 0 Å². The lowest BCUT2D eigenvalue weighted by Gasteiger charge is -2.33. The van der Waals surface area contributed by atoms with E-state index in [4.69, 9.17) is 10.7 Å². The van der Waals surface area contributed by atoms with Crippen LogP contribution >= 0.6 is 0 Å². The number of nitrogens with zero attached hydrogens (tertiary/aromatic N) is 4. The van der Waals surface area contributed by atoms with Crippen molar-refractivity contribution in [1.82, 2.24) is 14.5 Å². The van der Waals surface area contributed by atoms with Crippen molar-refractivity contribution in [3.05, 3.63) is 98.7 Å². The fourth-order valence-electron chi connectivity index (χ4n) is 5.06. The molecule has 0 fully saturated rings. The van der Waals surface area contributed by atoms with E-state index in [1.165, 1.54) is 0 Å². The minimum Gasteiger partial charge on any atom is -0.330 e. The highest BCUT2D eigenvalue weighted by Gasteiger charge is 2.31. The van der Waals surface area contributed by atoms with E-state index in [2.05, 4.69) is 18.0 Å². The van der Waals surface area contributed by atoms with Gasteiger partial charge in [0.05, 0.1) is 30.4 Å². The predicted molar refractivity (Wildman–Crippen MR) is 148 cm³/mol. The van der Waals surface area contributed by atoms with Crippen LogP contribution in [0, 0.1) is 0 Å². The summed E-state index contributed by atoms with van der Waals surface area (Å²) in [6.07, 6.45) is 3.21. The van der Waals surface area contributed by atoms with Gasteiger partial charge >= 0.3 is 0 Å². The summed E-state index contributed by atoms with van der Waals surface area (Å²) in [5.74, 6) is 0.543. The molecule has 1 amide bonds. The van der Waals surface area contributed by atoms with Crippen molar-refractivity contribution in [2.45, 2.75) is 65.6 Å². The highest BCUT2D eigenvalue weighted by atomic mass is 16.2. The summed E-state index contributed by atoms with van der Waals surface area (Å²) in [5, 5.41) is 0. The minimum absolute atomic E-state index is 0.0632. The lowest BCUT2D eigenvalue weighted by molar-refractivity contribution is 0.0655. The second-order valence-corrected chi connectivity index (χ2v) is 9.59. The summed E-state index contributed by atoms with van der Waals surface area (Å²) in [5.41, 5.74) is 10.6. The minimum atomic E-state index is -0.378. The third-order valence-electron chi connectivity index (χ3n) is 6.92. The van der Waals surface area contributed by atoms with Crippen molar-refractivity contribution >= 4 is 11.6 Å². The largest absolute Gasteiger partial charge is 0.330 e. The van der Waals surface area contributed by atoms with E-state index in [0.717, 1.165) is 29.7 Å². The Labute approximate surface area is 219 Å². The second-order valence-electron chi connectivity index (χ2n) is 9.59. The molecule has 0 saturated heterocycles. The molecule has 0 bridgehead atoms. The number of rotatable bonds is 11. The van der Waals surface area contributed by atoms with Crippen LogP contribution in [0.2, 0.25) is 0 Å². The molecule has 0 aliphatic carbocycles. The molecule has 1 aromatic heterocycles. The van der Waals surface area contributed by atoms with Crippen molar-refractivity contribution in [1.29, 1.82) is 0 Å². The summed E-state index contributed by atoms with van der Waals surface area (Å²) in [6.45, 7) is 7.75. The number of nitrogens with two attached hydrogens (primary N) is 1. The van der Waals surface area contributed by atoms with Crippen molar-refractivity contribution in [3.63, 3.8) is 0 Å². The molecule has 7 heteroatoms.